The molecule has 0 unspecified atom stereocenters. The molecule has 106 valence electrons. The molecule has 0 spiro atoms. The molecule has 1 aliphatic rings. The van der Waals surface area contributed by atoms with E-state index in [4.69, 9.17) is 0 Å². The number of benzene rings is 2. The van der Waals surface area contributed by atoms with Crippen LogP contribution in [0.1, 0.15) is 15.9 Å². The number of carbonyl (C=O) groups excluding carboxylic acids is 2. The highest BCUT2D eigenvalue weighted by Crippen LogP contribution is 2.33. The maximum absolute atomic E-state index is 13.7. The van der Waals surface area contributed by atoms with E-state index < -0.39 is 23.3 Å². The number of rotatable bonds is 2. The summed E-state index contributed by atoms with van der Waals surface area (Å²) in [7, 11) is 0. The Morgan fingerprint density at radius 3 is 2.38 bits per heavy atom. The summed E-state index contributed by atoms with van der Waals surface area (Å²) >= 11 is 2.14. The van der Waals surface area contributed by atoms with Crippen LogP contribution in [0.2, 0.25) is 0 Å². The third-order valence-electron chi connectivity index (χ3n) is 3.25. The van der Waals surface area contributed by atoms with Gasteiger partial charge in [-0.2, -0.15) is 0 Å². The maximum atomic E-state index is 13.7. The normalized spacial score (nSPS) is 13.8. The lowest BCUT2D eigenvalue weighted by atomic mass is 10.1. The second-order valence-electron chi connectivity index (χ2n) is 4.63. The number of amides is 1. The monoisotopic (exact) mass is 399 g/mol. The van der Waals surface area contributed by atoms with Crippen LogP contribution in [0.15, 0.2) is 36.4 Å². The smallest absolute Gasteiger partial charge is 0.299 e. The number of carbonyl (C=O) groups is 2. The molecule has 0 saturated heterocycles. The van der Waals surface area contributed by atoms with Crippen LogP contribution in [-0.4, -0.2) is 11.7 Å². The van der Waals surface area contributed by atoms with Crippen LogP contribution in [-0.2, 0) is 11.3 Å². The van der Waals surface area contributed by atoms with E-state index >= 15 is 0 Å². The van der Waals surface area contributed by atoms with Gasteiger partial charge in [-0.1, -0.05) is 12.1 Å². The van der Waals surface area contributed by atoms with Crippen molar-refractivity contribution < 1.29 is 18.4 Å². The predicted octanol–water partition coefficient (Wildman–Crippen LogP) is 3.30. The van der Waals surface area contributed by atoms with E-state index in [2.05, 4.69) is 22.6 Å². The number of hydrogen-bond acceptors (Lipinski definition) is 2. The van der Waals surface area contributed by atoms with Crippen LogP contribution in [0.25, 0.3) is 0 Å². The standard InChI is InChI=1S/C15H8F2INO2/c16-9-5-11(17)13-12(6-9)19(15(21)14(13)20)7-8-1-3-10(18)4-2-8/h1-6H,7H2. The molecular weight excluding hydrogens is 391 g/mol. The fourth-order valence-electron chi connectivity index (χ4n) is 2.27. The number of Topliss-reactive ketones (excluding diaryl/α,β-unsaturated/α-hetero) is 1. The van der Waals surface area contributed by atoms with E-state index in [1.54, 1.807) is 12.1 Å². The van der Waals surface area contributed by atoms with E-state index in [1.807, 2.05) is 12.1 Å². The molecule has 3 nitrogen and oxygen atoms in total. The van der Waals surface area contributed by atoms with Crippen molar-refractivity contribution in [2.24, 2.45) is 0 Å². The van der Waals surface area contributed by atoms with Gasteiger partial charge in [-0.25, -0.2) is 8.78 Å². The zero-order valence-corrected chi connectivity index (χ0v) is 12.7. The molecule has 2 aromatic carbocycles. The van der Waals surface area contributed by atoms with Gasteiger partial charge < -0.3 is 4.90 Å². The summed E-state index contributed by atoms with van der Waals surface area (Å²) in [5, 5.41) is 0. The molecule has 0 radical (unpaired) electrons. The minimum atomic E-state index is -1.01. The molecule has 6 heteroatoms. The highest BCUT2D eigenvalue weighted by atomic mass is 127. The zero-order chi connectivity index (χ0) is 15.1. The average molecular weight is 399 g/mol. The first-order valence-corrected chi connectivity index (χ1v) is 7.15. The molecule has 1 heterocycles. The highest BCUT2D eigenvalue weighted by molar-refractivity contribution is 14.1. The minimum Gasteiger partial charge on any atom is -0.300 e. The number of anilines is 1. The first-order valence-electron chi connectivity index (χ1n) is 6.07. The Morgan fingerprint density at radius 1 is 1.05 bits per heavy atom. The molecular formula is C15H8F2INO2. The molecule has 0 aliphatic carbocycles. The lowest BCUT2D eigenvalue weighted by Crippen LogP contribution is -2.29. The quantitative estimate of drug-likeness (QED) is 0.574. The molecule has 0 fully saturated rings. The van der Waals surface area contributed by atoms with E-state index in [-0.39, 0.29) is 17.8 Å². The third kappa shape index (κ3) is 2.44. The second kappa shape index (κ2) is 5.18. The SMILES string of the molecule is O=C1C(=O)N(Cc2ccc(I)cc2)c2cc(F)cc(F)c21. The van der Waals surface area contributed by atoms with Crippen LogP contribution in [0.5, 0.6) is 0 Å². The summed E-state index contributed by atoms with van der Waals surface area (Å²) in [6, 6.07) is 8.92. The van der Waals surface area contributed by atoms with Gasteiger partial charge in [0.05, 0.1) is 17.8 Å². The molecule has 1 amide bonds. The fourth-order valence-corrected chi connectivity index (χ4v) is 2.63. The summed E-state index contributed by atoms with van der Waals surface area (Å²) in [4.78, 5) is 24.9. The fraction of sp³-hybridized carbons (Fsp3) is 0.0667. The van der Waals surface area contributed by atoms with Crippen LogP contribution < -0.4 is 4.90 Å². The van der Waals surface area contributed by atoms with Gasteiger partial charge in [-0.15, -0.1) is 0 Å². The summed E-state index contributed by atoms with van der Waals surface area (Å²) < 4.78 is 28.1. The Kier molecular flexibility index (Phi) is 3.48. The van der Waals surface area contributed by atoms with E-state index in [1.165, 1.54) is 0 Å². The summed E-state index contributed by atoms with van der Waals surface area (Å²) in [6.45, 7) is 0.0946. The molecule has 21 heavy (non-hydrogen) atoms. The number of ketones is 1. The Bertz CT molecular complexity index is 759. The van der Waals surface area contributed by atoms with Crippen molar-refractivity contribution >= 4 is 40.0 Å². The molecule has 2 aromatic rings. The number of fused-ring (bicyclic) bond motifs is 1. The van der Waals surface area contributed by atoms with Crippen molar-refractivity contribution in [1.29, 1.82) is 0 Å². The summed E-state index contributed by atoms with van der Waals surface area (Å²) in [5.74, 6) is -3.60. The predicted molar refractivity (Wildman–Crippen MR) is 81.0 cm³/mol. The molecule has 0 N–H and O–H groups in total. The summed E-state index contributed by atoms with van der Waals surface area (Å²) in [5.41, 5.74) is 0.405. The highest BCUT2D eigenvalue weighted by Gasteiger charge is 2.38. The van der Waals surface area contributed by atoms with E-state index in [9.17, 15) is 18.4 Å². The third-order valence-corrected chi connectivity index (χ3v) is 3.96. The van der Waals surface area contributed by atoms with Crippen molar-refractivity contribution in [1.82, 2.24) is 0 Å². The lowest BCUT2D eigenvalue weighted by molar-refractivity contribution is -0.114. The van der Waals surface area contributed by atoms with Crippen LogP contribution in [0, 0.1) is 15.2 Å². The molecule has 0 aromatic heterocycles. The number of nitrogens with zero attached hydrogens (tertiary/aromatic N) is 1. The van der Waals surface area contributed by atoms with E-state index in [0.717, 1.165) is 20.1 Å². The minimum absolute atomic E-state index is 0.0129. The van der Waals surface area contributed by atoms with Gasteiger partial charge >= 0.3 is 0 Å². The Hall–Kier alpha value is -1.83. The zero-order valence-electron chi connectivity index (χ0n) is 10.6. The largest absolute Gasteiger partial charge is 0.300 e. The van der Waals surface area contributed by atoms with E-state index in [0.29, 0.717) is 6.07 Å². The van der Waals surface area contributed by atoms with Gasteiger partial charge in [-0.05, 0) is 46.4 Å². The summed E-state index contributed by atoms with van der Waals surface area (Å²) in [6.07, 6.45) is 0. The van der Waals surface area contributed by atoms with Crippen LogP contribution in [0.4, 0.5) is 14.5 Å². The Labute approximate surface area is 132 Å². The van der Waals surface area contributed by atoms with Crippen molar-refractivity contribution in [3.05, 3.63) is 62.7 Å². The van der Waals surface area contributed by atoms with Gasteiger partial charge in [0.25, 0.3) is 11.7 Å². The number of halogens is 3. The van der Waals surface area contributed by atoms with Crippen LogP contribution >= 0.6 is 22.6 Å². The van der Waals surface area contributed by atoms with Crippen molar-refractivity contribution in [3.63, 3.8) is 0 Å². The molecule has 0 bridgehead atoms. The Morgan fingerprint density at radius 2 is 1.71 bits per heavy atom. The Balaban J connectivity index is 2.03. The van der Waals surface area contributed by atoms with Crippen molar-refractivity contribution in [3.8, 4) is 0 Å². The van der Waals surface area contributed by atoms with Crippen LogP contribution in [0.3, 0.4) is 0 Å². The van der Waals surface area contributed by atoms with Crippen molar-refractivity contribution in [2.75, 3.05) is 4.90 Å². The topological polar surface area (TPSA) is 37.4 Å². The number of hydrogen-bond donors (Lipinski definition) is 0. The van der Waals surface area contributed by atoms with Gasteiger partial charge in [-0.3, -0.25) is 9.59 Å². The van der Waals surface area contributed by atoms with Gasteiger partial charge in [0.15, 0.2) is 0 Å². The maximum Gasteiger partial charge on any atom is 0.299 e. The molecule has 1 aliphatic heterocycles. The molecule has 0 atom stereocenters. The van der Waals surface area contributed by atoms with Crippen molar-refractivity contribution in [2.45, 2.75) is 6.54 Å². The lowest BCUT2D eigenvalue weighted by Gasteiger charge is -2.16. The average Bonchev–Trinajstić information content (AvgIpc) is 2.66. The molecule has 3 rings (SSSR count). The van der Waals surface area contributed by atoms with Gasteiger partial charge in [0.1, 0.15) is 11.6 Å². The first-order chi connectivity index (χ1) is 9.97. The second-order valence-corrected chi connectivity index (χ2v) is 5.87. The van der Waals surface area contributed by atoms with Gasteiger partial charge in [0.2, 0.25) is 0 Å². The first kappa shape index (κ1) is 14.1. The molecule has 0 saturated carbocycles. The van der Waals surface area contributed by atoms with Gasteiger partial charge in [0, 0.05) is 9.64 Å².